The molecule has 2 rings (SSSR count). The van der Waals surface area contributed by atoms with Crippen molar-refractivity contribution < 1.29 is 18.3 Å². The molecule has 1 aromatic rings. The summed E-state index contributed by atoms with van der Waals surface area (Å²) in [6.07, 6.45) is 0.257. The number of ether oxygens (including phenoxy) is 1. The molecule has 0 amide bonds. The summed E-state index contributed by atoms with van der Waals surface area (Å²) >= 11 is 0. The standard InChI is InChI=1S/C15H24N2O4S/c1-3-22(19,20)16-7-8-17-11-13(18)10-15(17)12-5-4-6-14(9-12)21-2/h4-6,9,13,15-16,18H,3,7-8,10-11H2,1-2H3/t13-,15-/m0/s1. The Balaban J connectivity index is 2.03. The van der Waals surface area contributed by atoms with Gasteiger partial charge in [0.05, 0.1) is 19.0 Å². The van der Waals surface area contributed by atoms with Crippen LogP contribution in [-0.2, 0) is 10.0 Å². The molecule has 0 aromatic heterocycles. The fraction of sp³-hybridized carbons (Fsp3) is 0.600. The topological polar surface area (TPSA) is 78.9 Å². The number of aliphatic hydroxyl groups excluding tert-OH is 1. The molecule has 0 spiro atoms. The maximum atomic E-state index is 11.5. The molecule has 2 N–H and O–H groups in total. The van der Waals surface area contributed by atoms with E-state index in [0.717, 1.165) is 11.3 Å². The van der Waals surface area contributed by atoms with Crippen molar-refractivity contribution >= 4 is 10.0 Å². The number of hydrogen-bond donors (Lipinski definition) is 2. The molecular formula is C15H24N2O4S. The Morgan fingerprint density at radius 3 is 2.91 bits per heavy atom. The Hall–Kier alpha value is -1.15. The van der Waals surface area contributed by atoms with Gasteiger partial charge in [-0.3, -0.25) is 4.90 Å². The molecular weight excluding hydrogens is 304 g/mol. The molecule has 1 aliphatic rings. The average Bonchev–Trinajstić information content (AvgIpc) is 2.88. The summed E-state index contributed by atoms with van der Waals surface area (Å²) < 4.78 is 30.8. The molecule has 124 valence electrons. The number of benzene rings is 1. The van der Waals surface area contributed by atoms with E-state index in [-0.39, 0.29) is 17.9 Å². The smallest absolute Gasteiger partial charge is 0.211 e. The van der Waals surface area contributed by atoms with Crippen LogP contribution in [0, 0.1) is 0 Å². The zero-order chi connectivity index (χ0) is 16.2. The minimum absolute atomic E-state index is 0.0783. The summed E-state index contributed by atoms with van der Waals surface area (Å²) in [5, 5.41) is 9.95. The first kappa shape index (κ1) is 17.2. The Morgan fingerprint density at radius 1 is 1.45 bits per heavy atom. The molecule has 1 fully saturated rings. The van der Waals surface area contributed by atoms with Crippen LogP contribution in [0.1, 0.15) is 24.9 Å². The zero-order valence-corrected chi connectivity index (χ0v) is 13.8. The normalized spacial score (nSPS) is 22.9. The summed E-state index contributed by atoms with van der Waals surface area (Å²) in [4.78, 5) is 2.11. The lowest BCUT2D eigenvalue weighted by Gasteiger charge is -2.24. The van der Waals surface area contributed by atoms with Crippen LogP contribution in [0.3, 0.4) is 0 Å². The van der Waals surface area contributed by atoms with Crippen LogP contribution in [0.4, 0.5) is 0 Å². The zero-order valence-electron chi connectivity index (χ0n) is 13.0. The Labute approximate surface area is 132 Å². The Kier molecular flexibility index (Phi) is 5.80. The molecule has 0 aliphatic carbocycles. The molecule has 0 unspecified atom stereocenters. The van der Waals surface area contributed by atoms with Crippen molar-refractivity contribution in [1.29, 1.82) is 0 Å². The summed E-state index contributed by atoms with van der Waals surface area (Å²) in [5.41, 5.74) is 1.08. The fourth-order valence-electron chi connectivity index (χ4n) is 2.77. The maximum Gasteiger partial charge on any atom is 0.211 e. The molecule has 2 atom stereocenters. The van der Waals surface area contributed by atoms with E-state index in [1.54, 1.807) is 14.0 Å². The van der Waals surface area contributed by atoms with Gasteiger partial charge in [0.25, 0.3) is 0 Å². The van der Waals surface area contributed by atoms with Crippen LogP contribution in [0.5, 0.6) is 5.75 Å². The van der Waals surface area contributed by atoms with Crippen molar-refractivity contribution in [3.05, 3.63) is 29.8 Å². The minimum Gasteiger partial charge on any atom is -0.497 e. The number of nitrogens with one attached hydrogen (secondary N) is 1. The minimum atomic E-state index is -3.18. The van der Waals surface area contributed by atoms with Crippen molar-refractivity contribution in [2.45, 2.75) is 25.5 Å². The third kappa shape index (κ3) is 4.42. The number of aliphatic hydroxyl groups is 1. The van der Waals surface area contributed by atoms with Gasteiger partial charge in [0.2, 0.25) is 10.0 Å². The van der Waals surface area contributed by atoms with Crippen LogP contribution < -0.4 is 9.46 Å². The molecule has 1 aromatic carbocycles. The largest absolute Gasteiger partial charge is 0.497 e. The first-order valence-electron chi connectivity index (χ1n) is 7.48. The third-order valence-corrected chi connectivity index (χ3v) is 5.36. The van der Waals surface area contributed by atoms with Gasteiger partial charge in [-0.2, -0.15) is 0 Å². The van der Waals surface area contributed by atoms with Gasteiger partial charge in [0.15, 0.2) is 0 Å². The highest BCUT2D eigenvalue weighted by Gasteiger charge is 2.31. The summed E-state index contributed by atoms with van der Waals surface area (Å²) in [5.74, 6) is 0.861. The van der Waals surface area contributed by atoms with E-state index in [4.69, 9.17) is 4.74 Å². The van der Waals surface area contributed by atoms with Crippen molar-refractivity contribution in [1.82, 2.24) is 9.62 Å². The predicted molar refractivity (Wildman–Crippen MR) is 85.4 cm³/mol. The second-order valence-corrected chi connectivity index (χ2v) is 7.57. The number of sulfonamides is 1. The quantitative estimate of drug-likeness (QED) is 0.772. The molecule has 1 heterocycles. The number of nitrogens with zero attached hydrogens (tertiary/aromatic N) is 1. The molecule has 7 heteroatoms. The van der Waals surface area contributed by atoms with Gasteiger partial charge < -0.3 is 9.84 Å². The highest BCUT2D eigenvalue weighted by Crippen LogP contribution is 2.33. The molecule has 1 saturated heterocycles. The Bertz CT molecular complexity index is 591. The van der Waals surface area contributed by atoms with E-state index in [2.05, 4.69) is 9.62 Å². The molecule has 1 aliphatic heterocycles. The lowest BCUT2D eigenvalue weighted by Crippen LogP contribution is -2.36. The van der Waals surface area contributed by atoms with Gasteiger partial charge in [-0.05, 0) is 31.0 Å². The van der Waals surface area contributed by atoms with Gasteiger partial charge >= 0.3 is 0 Å². The first-order valence-corrected chi connectivity index (χ1v) is 9.14. The van der Waals surface area contributed by atoms with E-state index in [0.29, 0.717) is 26.1 Å². The third-order valence-electron chi connectivity index (χ3n) is 3.96. The van der Waals surface area contributed by atoms with E-state index in [1.807, 2.05) is 24.3 Å². The summed E-state index contributed by atoms with van der Waals surface area (Å²) in [7, 11) is -1.55. The lowest BCUT2D eigenvalue weighted by molar-refractivity contribution is 0.176. The van der Waals surface area contributed by atoms with Crippen molar-refractivity contribution in [2.24, 2.45) is 0 Å². The molecule has 0 radical (unpaired) electrons. The highest BCUT2D eigenvalue weighted by atomic mass is 32.2. The van der Waals surface area contributed by atoms with Crippen molar-refractivity contribution in [2.75, 3.05) is 32.5 Å². The number of rotatable bonds is 7. The number of β-amino-alcohol motifs (C(OH)–C–C–N with tert-alkyl or cyclic N) is 1. The van der Waals surface area contributed by atoms with E-state index >= 15 is 0 Å². The fourth-order valence-corrected chi connectivity index (χ4v) is 3.38. The van der Waals surface area contributed by atoms with Crippen LogP contribution in [0.15, 0.2) is 24.3 Å². The number of hydrogen-bond acceptors (Lipinski definition) is 5. The van der Waals surface area contributed by atoms with Gasteiger partial charge in [0, 0.05) is 25.7 Å². The lowest BCUT2D eigenvalue weighted by atomic mass is 10.0. The predicted octanol–water partition coefficient (Wildman–Crippen LogP) is 0.742. The second-order valence-electron chi connectivity index (χ2n) is 5.47. The molecule has 6 nitrogen and oxygen atoms in total. The highest BCUT2D eigenvalue weighted by molar-refractivity contribution is 7.89. The van der Waals surface area contributed by atoms with Gasteiger partial charge in [-0.25, -0.2) is 13.1 Å². The SMILES string of the molecule is CCS(=O)(=O)NCCN1C[C@@H](O)C[C@H]1c1cccc(OC)c1. The number of methoxy groups -OCH3 is 1. The van der Waals surface area contributed by atoms with Crippen LogP contribution in [0.25, 0.3) is 0 Å². The summed E-state index contributed by atoms with van der Waals surface area (Å²) in [6, 6.07) is 7.86. The molecule has 0 bridgehead atoms. The van der Waals surface area contributed by atoms with Crippen molar-refractivity contribution in [3.63, 3.8) is 0 Å². The van der Waals surface area contributed by atoms with Gasteiger partial charge in [-0.1, -0.05) is 12.1 Å². The Morgan fingerprint density at radius 2 is 2.23 bits per heavy atom. The molecule has 0 saturated carbocycles. The second kappa shape index (κ2) is 7.41. The van der Waals surface area contributed by atoms with Crippen LogP contribution in [0.2, 0.25) is 0 Å². The monoisotopic (exact) mass is 328 g/mol. The van der Waals surface area contributed by atoms with Gasteiger partial charge in [0.1, 0.15) is 5.75 Å². The van der Waals surface area contributed by atoms with Crippen LogP contribution in [-0.4, -0.2) is 57.0 Å². The maximum absolute atomic E-state index is 11.5. The molecule has 22 heavy (non-hydrogen) atoms. The first-order chi connectivity index (χ1) is 10.4. The number of likely N-dealkylation sites (tertiary alicyclic amines) is 1. The summed E-state index contributed by atoms with van der Waals surface area (Å²) in [6.45, 7) is 3.08. The van der Waals surface area contributed by atoms with Crippen molar-refractivity contribution in [3.8, 4) is 5.75 Å². The average molecular weight is 328 g/mol. The van der Waals surface area contributed by atoms with Gasteiger partial charge in [-0.15, -0.1) is 0 Å². The van der Waals surface area contributed by atoms with E-state index in [1.165, 1.54) is 0 Å². The van der Waals surface area contributed by atoms with E-state index < -0.39 is 10.0 Å². The van der Waals surface area contributed by atoms with E-state index in [9.17, 15) is 13.5 Å². The van der Waals surface area contributed by atoms with Crippen LogP contribution >= 0.6 is 0 Å².